The monoisotopic (exact) mass is 565 g/mol. The van der Waals surface area contributed by atoms with E-state index in [1.807, 2.05) is 50.3 Å². The number of aliphatic imine (C=N–C) groups is 1. The van der Waals surface area contributed by atoms with Crippen molar-refractivity contribution >= 4 is 31.0 Å². The summed E-state index contributed by atoms with van der Waals surface area (Å²) in [5, 5.41) is 11.7. The maximum atomic E-state index is 13.1. The number of carbonyl (C=O) groups is 1. The number of hydrogen-bond donors (Lipinski definition) is 1. The fourth-order valence-electron chi connectivity index (χ4n) is 4.74. The molecule has 0 bridgehead atoms. The van der Waals surface area contributed by atoms with Crippen molar-refractivity contribution in [3.63, 3.8) is 0 Å². The van der Waals surface area contributed by atoms with E-state index in [1.165, 1.54) is 19.3 Å². The number of terminal acetylenes is 1. The lowest BCUT2D eigenvalue weighted by atomic mass is 9.86. The number of allylic oxidation sites excluding steroid dienone is 4. The zero-order chi connectivity index (χ0) is 31.0. The zero-order valence-electron chi connectivity index (χ0n) is 26.2. The van der Waals surface area contributed by atoms with E-state index >= 15 is 0 Å². The minimum atomic E-state index is -0.0545. The molecule has 2 atom stereocenters. The van der Waals surface area contributed by atoms with Crippen LogP contribution in [0.15, 0.2) is 40.1 Å². The Bertz CT molecular complexity index is 1140. The van der Waals surface area contributed by atoms with Gasteiger partial charge in [-0.25, -0.2) is 4.98 Å². The summed E-state index contributed by atoms with van der Waals surface area (Å²) in [5.41, 5.74) is 2.52. The van der Waals surface area contributed by atoms with Gasteiger partial charge in [-0.15, -0.1) is 12.8 Å². The van der Waals surface area contributed by atoms with Crippen LogP contribution in [0.3, 0.4) is 0 Å². The maximum absolute atomic E-state index is 13.1. The second-order valence-electron chi connectivity index (χ2n) is 9.62. The first kappa shape index (κ1) is 37.5. The minimum absolute atomic E-state index is 0.0545. The fraction of sp³-hybridized carbons (Fsp3) is 0.529. The van der Waals surface area contributed by atoms with Crippen molar-refractivity contribution < 1.29 is 9.18 Å². The normalized spacial score (nSPS) is 17.6. The Morgan fingerprint density at radius 3 is 2.56 bits per heavy atom. The Kier molecular flexibility index (Phi) is 21.2. The molecule has 0 saturated heterocycles. The van der Waals surface area contributed by atoms with Crippen LogP contribution in [0.4, 0.5) is 4.39 Å². The highest BCUT2D eigenvalue weighted by Gasteiger charge is 2.24. The van der Waals surface area contributed by atoms with Crippen LogP contribution in [0.2, 0.25) is 0 Å². The topological polar surface area (TPSA) is 70.0 Å². The number of alkyl halides is 1. The molecule has 3 rings (SSSR count). The predicted octanol–water partition coefficient (Wildman–Crippen LogP) is 6.01. The summed E-state index contributed by atoms with van der Waals surface area (Å²) in [4.78, 5) is 21.9. The Morgan fingerprint density at radius 1 is 1.22 bits per heavy atom. The number of nitrogens with one attached hydrogen (secondary N) is 1. The van der Waals surface area contributed by atoms with Crippen LogP contribution >= 0.6 is 0 Å². The number of fused-ring (bicyclic) bond motifs is 1. The molecule has 1 unspecified atom stereocenters. The average molecular weight is 566 g/mol. The SMILES string of the molecule is C#C.C=N/C(=C\C=C\Cc1cc(C(=O)N[C@H]2CCCCC2C)nc2c1=CCCC=2)C/C=N\N(C)CCC.CC.CF. The van der Waals surface area contributed by atoms with Gasteiger partial charge in [-0.05, 0) is 74.1 Å². The van der Waals surface area contributed by atoms with Gasteiger partial charge in [0.15, 0.2) is 0 Å². The third-order valence-corrected chi connectivity index (χ3v) is 6.78. The first-order valence-corrected chi connectivity index (χ1v) is 14.8. The molecule has 41 heavy (non-hydrogen) atoms. The predicted molar refractivity (Wildman–Crippen MR) is 175 cm³/mol. The third kappa shape index (κ3) is 13.6. The molecule has 1 N–H and O–H groups in total. The van der Waals surface area contributed by atoms with Gasteiger partial charge in [0.1, 0.15) is 5.69 Å². The molecule has 6 nitrogen and oxygen atoms in total. The molecule has 1 fully saturated rings. The number of pyridine rings is 1. The molecule has 0 aliphatic heterocycles. The van der Waals surface area contributed by atoms with E-state index in [1.54, 1.807) is 0 Å². The van der Waals surface area contributed by atoms with Crippen LogP contribution in [0, 0.1) is 18.8 Å². The number of carbonyl (C=O) groups excluding carboxylic acids is 1. The summed E-state index contributed by atoms with van der Waals surface area (Å²) in [6, 6.07) is 2.21. The number of hydrogen-bond acceptors (Lipinski definition) is 5. The average Bonchev–Trinajstić information content (AvgIpc) is 3.02. The van der Waals surface area contributed by atoms with Crippen LogP contribution in [-0.2, 0) is 6.42 Å². The largest absolute Gasteiger partial charge is 0.348 e. The molecule has 0 spiro atoms. The van der Waals surface area contributed by atoms with E-state index in [0.717, 1.165) is 60.5 Å². The molecule has 1 saturated carbocycles. The van der Waals surface area contributed by atoms with E-state index in [-0.39, 0.29) is 11.9 Å². The van der Waals surface area contributed by atoms with Gasteiger partial charge in [0.2, 0.25) is 0 Å². The van der Waals surface area contributed by atoms with E-state index in [9.17, 15) is 9.18 Å². The van der Waals surface area contributed by atoms with Crippen molar-refractivity contribution in [2.45, 2.75) is 91.5 Å². The smallest absolute Gasteiger partial charge is 0.270 e. The van der Waals surface area contributed by atoms with E-state index in [2.05, 4.69) is 67.1 Å². The molecule has 1 aromatic rings. The molecular formula is C34H52FN5O. The zero-order valence-corrected chi connectivity index (χ0v) is 26.2. The lowest BCUT2D eigenvalue weighted by Crippen LogP contribution is -2.43. The number of nitrogens with zero attached hydrogens (tertiary/aromatic N) is 4. The highest BCUT2D eigenvalue weighted by Crippen LogP contribution is 2.23. The van der Waals surface area contributed by atoms with Crippen molar-refractivity contribution in [3.05, 3.63) is 51.8 Å². The maximum Gasteiger partial charge on any atom is 0.270 e. The quantitative estimate of drug-likeness (QED) is 0.155. The lowest BCUT2D eigenvalue weighted by molar-refractivity contribution is 0.0904. The lowest BCUT2D eigenvalue weighted by Gasteiger charge is -2.29. The molecule has 0 aromatic carbocycles. The summed E-state index contributed by atoms with van der Waals surface area (Å²) >= 11 is 0. The number of rotatable bonds is 11. The summed E-state index contributed by atoms with van der Waals surface area (Å²) in [5.74, 6) is 0.463. The second kappa shape index (κ2) is 23.2. The number of amides is 1. The number of hydrazone groups is 1. The Morgan fingerprint density at radius 2 is 1.90 bits per heavy atom. The van der Waals surface area contributed by atoms with Gasteiger partial charge in [-0.3, -0.25) is 14.2 Å². The summed E-state index contributed by atoms with van der Waals surface area (Å²) in [6.07, 6.45) is 29.4. The van der Waals surface area contributed by atoms with Crippen LogP contribution in [-0.4, -0.2) is 55.6 Å². The second-order valence-corrected chi connectivity index (χ2v) is 9.62. The first-order valence-electron chi connectivity index (χ1n) is 14.8. The highest BCUT2D eigenvalue weighted by atomic mass is 19.1. The third-order valence-electron chi connectivity index (χ3n) is 6.78. The Balaban J connectivity index is 0.00000250. The molecule has 1 heterocycles. The Hall–Kier alpha value is -3.53. The molecule has 7 heteroatoms. The standard InChI is InChI=1S/C29H41N5O.C2H6.C2H2.CH3F/c1-5-20-34(4)31-19-18-24(30-3)14-8-7-13-23-21-28(32-27-17-11-9-15-25(23)27)29(35)33-26-16-10-6-12-22(26)2;3*1-2/h7-8,14-15,17,19,21-22,26H,3,5-6,9-13,16,18,20H2,1-2,4H3,(H,33,35);1-2H3;1-2H;1H3/b8-7+,24-14-,31-19-;;;/t22?,26-;;;/m0.../s1. The van der Waals surface area contributed by atoms with Crippen molar-refractivity contribution in [3.8, 4) is 12.8 Å². The number of aromatic nitrogens is 1. The fourth-order valence-corrected chi connectivity index (χ4v) is 4.74. The molecule has 1 amide bonds. The van der Waals surface area contributed by atoms with E-state index < -0.39 is 0 Å². The minimum Gasteiger partial charge on any atom is -0.348 e. The molecule has 1 aromatic heterocycles. The molecule has 226 valence electrons. The van der Waals surface area contributed by atoms with Crippen LogP contribution in [0.25, 0.3) is 12.2 Å². The van der Waals surface area contributed by atoms with Gasteiger partial charge in [-0.1, -0.05) is 64.8 Å². The summed E-state index contributed by atoms with van der Waals surface area (Å²) in [6.45, 7) is 13.0. The molecule has 2 aliphatic rings. The van der Waals surface area contributed by atoms with Gasteiger partial charge in [0.25, 0.3) is 5.91 Å². The van der Waals surface area contributed by atoms with Crippen molar-refractivity contribution in [1.29, 1.82) is 0 Å². The summed E-state index contributed by atoms with van der Waals surface area (Å²) in [7, 11) is 2.47. The Labute approximate surface area is 248 Å². The van der Waals surface area contributed by atoms with E-state index in [0.29, 0.717) is 25.2 Å². The van der Waals surface area contributed by atoms with Crippen LogP contribution in [0.1, 0.15) is 95.1 Å². The van der Waals surface area contributed by atoms with E-state index in [4.69, 9.17) is 4.98 Å². The van der Waals surface area contributed by atoms with Crippen molar-refractivity contribution in [2.75, 3.05) is 20.8 Å². The first-order chi connectivity index (χ1) is 20.0. The molecule has 2 aliphatic carbocycles. The van der Waals surface area contributed by atoms with Crippen molar-refractivity contribution in [1.82, 2.24) is 15.3 Å². The molecular weight excluding hydrogens is 513 g/mol. The number of halogens is 1. The van der Waals surface area contributed by atoms with Gasteiger partial charge in [0, 0.05) is 38.0 Å². The van der Waals surface area contributed by atoms with Gasteiger partial charge >= 0.3 is 0 Å². The van der Waals surface area contributed by atoms with Crippen molar-refractivity contribution in [2.24, 2.45) is 16.0 Å². The summed E-state index contributed by atoms with van der Waals surface area (Å²) < 4.78 is 9.50. The molecule has 0 radical (unpaired) electrons. The highest BCUT2D eigenvalue weighted by molar-refractivity contribution is 5.92. The van der Waals surface area contributed by atoms with Gasteiger partial charge in [-0.2, -0.15) is 5.10 Å². The van der Waals surface area contributed by atoms with Gasteiger partial charge in [0.05, 0.1) is 12.5 Å². The van der Waals surface area contributed by atoms with Gasteiger partial charge < -0.3 is 10.3 Å². The van der Waals surface area contributed by atoms with Crippen LogP contribution in [0.5, 0.6) is 0 Å². The van der Waals surface area contributed by atoms with Crippen LogP contribution < -0.4 is 15.9 Å².